The van der Waals surface area contributed by atoms with Crippen molar-refractivity contribution in [1.82, 2.24) is 9.55 Å². The quantitative estimate of drug-likeness (QED) is 0.484. The number of hydrogen-bond donors (Lipinski definition) is 0. The average Bonchev–Trinajstić information content (AvgIpc) is 3.13. The number of carbonyl (C=O) groups is 1. The van der Waals surface area contributed by atoms with E-state index in [1.54, 1.807) is 56.1 Å². The molecule has 34 heavy (non-hydrogen) atoms. The molecule has 1 aliphatic heterocycles. The van der Waals surface area contributed by atoms with Crippen LogP contribution in [0, 0.1) is 0 Å². The number of ether oxygens (including phenoxy) is 3. The highest BCUT2D eigenvalue weighted by atomic mass is 32.1. The van der Waals surface area contributed by atoms with Gasteiger partial charge < -0.3 is 14.2 Å². The summed E-state index contributed by atoms with van der Waals surface area (Å²) in [6, 6.07) is 8.31. The van der Waals surface area contributed by atoms with Gasteiger partial charge in [-0.3, -0.25) is 14.3 Å². The van der Waals surface area contributed by atoms with Crippen molar-refractivity contribution in [2.45, 2.75) is 26.8 Å². The fourth-order valence-corrected chi connectivity index (χ4v) is 4.90. The molecular formula is C25H25N3O5S. The lowest BCUT2D eigenvalue weighted by molar-refractivity contribution is -0.139. The van der Waals surface area contributed by atoms with Crippen molar-refractivity contribution in [3.05, 3.63) is 84.8 Å². The van der Waals surface area contributed by atoms with Gasteiger partial charge in [-0.1, -0.05) is 17.4 Å². The lowest BCUT2D eigenvalue weighted by Crippen LogP contribution is -2.40. The zero-order valence-electron chi connectivity index (χ0n) is 19.4. The molecule has 0 aliphatic carbocycles. The second-order valence-electron chi connectivity index (χ2n) is 7.43. The number of aromatic nitrogens is 2. The highest BCUT2D eigenvalue weighted by molar-refractivity contribution is 7.07. The Bertz CT molecular complexity index is 1420. The Balaban J connectivity index is 1.97. The third-order valence-corrected chi connectivity index (χ3v) is 6.31. The van der Waals surface area contributed by atoms with Crippen molar-refractivity contribution in [3.8, 4) is 11.5 Å². The van der Waals surface area contributed by atoms with Crippen LogP contribution in [0.4, 0.5) is 0 Å². The van der Waals surface area contributed by atoms with Crippen LogP contribution in [-0.4, -0.2) is 35.8 Å². The van der Waals surface area contributed by atoms with Gasteiger partial charge in [0.25, 0.3) is 5.56 Å². The number of allylic oxidation sites excluding steroid dienone is 1. The maximum absolute atomic E-state index is 13.6. The molecule has 3 aromatic rings. The van der Waals surface area contributed by atoms with Gasteiger partial charge in [-0.2, -0.15) is 0 Å². The van der Waals surface area contributed by atoms with Crippen LogP contribution in [0.3, 0.4) is 0 Å². The van der Waals surface area contributed by atoms with Crippen molar-refractivity contribution in [2.75, 3.05) is 20.3 Å². The van der Waals surface area contributed by atoms with E-state index in [-0.39, 0.29) is 12.2 Å². The maximum atomic E-state index is 13.6. The third kappa shape index (κ3) is 4.38. The van der Waals surface area contributed by atoms with Gasteiger partial charge in [0.1, 0.15) is 0 Å². The molecule has 1 atom stereocenters. The zero-order valence-corrected chi connectivity index (χ0v) is 20.2. The summed E-state index contributed by atoms with van der Waals surface area (Å²) in [5, 5.41) is 0. The minimum atomic E-state index is -0.722. The number of carbonyl (C=O) groups excluding carboxylic acids is 1. The Hall–Kier alpha value is -3.72. The first-order valence-electron chi connectivity index (χ1n) is 10.9. The minimum absolute atomic E-state index is 0.210. The zero-order chi connectivity index (χ0) is 24.2. The first-order chi connectivity index (χ1) is 16.5. The molecule has 4 rings (SSSR count). The number of nitrogens with zero attached hydrogens (tertiary/aromatic N) is 3. The fraction of sp³-hybridized carbons (Fsp3) is 0.280. The van der Waals surface area contributed by atoms with Gasteiger partial charge in [0, 0.05) is 12.4 Å². The highest BCUT2D eigenvalue weighted by Gasteiger charge is 2.33. The number of hydrogen-bond acceptors (Lipinski definition) is 8. The van der Waals surface area contributed by atoms with Crippen LogP contribution in [-0.2, 0) is 9.53 Å². The molecule has 9 heteroatoms. The van der Waals surface area contributed by atoms with Crippen LogP contribution in [0.2, 0.25) is 0 Å². The van der Waals surface area contributed by atoms with Crippen molar-refractivity contribution < 1.29 is 19.0 Å². The number of methoxy groups -OCH3 is 1. The van der Waals surface area contributed by atoms with E-state index in [0.29, 0.717) is 44.3 Å². The number of fused-ring (bicyclic) bond motifs is 1. The number of rotatable bonds is 7. The minimum Gasteiger partial charge on any atom is -0.493 e. The SMILES string of the molecule is CCOC(=O)C1=C(C)N=c2sc(=Cc3ccncc3)c(=O)n2[C@H]1c1ccc(OC)c(OCC)c1. The standard InChI is InChI=1S/C25H25N3O5S/c1-5-32-19-14-17(7-8-18(19)31-4)22-21(24(30)33-6-2)15(3)27-25-28(22)23(29)20(34-25)13-16-9-11-26-12-10-16/h7-14,22H,5-6H2,1-4H3/t22-/m0/s1. The van der Waals surface area contributed by atoms with Gasteiger partial charge in [0.2, 0.25) is 0 Å². The summed E-state index contributed by atoms with van der Waals surface area (Å²) >= 11 is 1.27. The van der Waals surface area contributed by atoms with E-state index in [9.17, 15) is 9.59 Å². The molecule has 1 aliphatic rings. The van der Waals surface area contributed by atoms with Crippen LogP contribution >= 0.6 is 11.3 Å². The van der Waals surface area contributed by atoms with E-state index in [1.165, 1.54) is 11.3 Å². The summed E-state index contributed by atoms with van der Waals surface area (Å²) in [4.78, 5) is 35.8. The molecule has 0 radical (unpaired) electrons. The van der Waals surface area contributed by atoms with E-state index < -0.39 is 12.0 Å². The number of thiazole rings is 1. The molecular weight excluding hydrogens is 454 g/mol. The molecule has 1 aromatic carbocycles. The second-order valence-corrected chi connectivity index (χ2v) is 8.44. The molecule has 0 unspecified atom stereocenters. The largest absolute Gasteiger partial charge is 0.493 e. The van der Waals surface area contributed by atoms with Crippen LogP contribution in [0.15, 0.2) is 63.8 Å². The molecule has 0 N–H and O–H groups in total. The first kappa shape index (κ1) is 23.4. The van der Waals surface area contributed by atoms with E-state index in [2.05, 4.69) is 9.98 Å². The third-order valence-electron chi connectivity index (χ3n) is 5.32. The molecule has 3 heterocycles. The van der Waals surface area contributed by atoms with Crippen LogP contribution < -0.4 is 24.4 Å². The molecule has 0 saturated heterocycles. The number of benzene rings is 1. The Kier molecular flexibility index (Phi) is 6.93. The average molecular weight is 480 g/mol. The highest BCUT2D eigenvalue weighted by Crippen LogP contribution is 2.36. The molecule has 0 fully saturated rings. The molecule has 0 saturated carbocycles. The van der Waals surface area contributed by atoms with Crippen molar-refractivity contribution in [1.29, 1.82) is 0 Å². The van der Waals surface area contributed by atoms with Crippen molar-refractivity contribution in [3.63, 3.8) is 0 Å². The number of esters is 1. The summed E-state index contributed by atoms with van der Waals surface area (Å²) in [5.74, 6) is 0.583. The normalized spacial score (nSPS) is 15.5. The first-order valence-corrected chi connectivity index (χ1v) is 11.7. The summed E-state index contributed by atoms with van der Waals surface area (Å²) < 4.78 is 18.6. The van der Waals surface area contributed by atoms with Crippen LogP contribution in [0.1, 0.15) is 37.9 Å². The Morgan fingerprint density at radius 2 is 1.91 bits per heavy atom. The maximum Gasteiger partial charge on any atom is 0.338 e. The number of pyridine rings is 1. The molecule has 2 aromatic heterocycles. The molecule has 176 valence electrons. The van der Waals surface area contributed by atoms with E-state index in [1.807, 2.05) is 25.1 Å². The van der Waals surface area contributed by atoms with E-state index >= 15 is 0 Å². The predicted molar refractivity (Wildman–Crippen MR) is 129 cm³/mol. The van der Waals surface area contributed by atoms with Crippen LogP contribution in [0.25, 0.3) is 6.08 Å². The summed E-state index contributed by atoms with van der Waals surface area (Å²) in [6.45, 7) is 6.03. The van der Waals surface area contributed by atoms with Crippen LogP contribution in [0.5, 0.6) is 11.5 Å². The predicted octanol–water partition coefficient (Wildman–Crippen LogP) is 2.60. The second kappa shape index (κ2) is 10.0. The van der Waals surface area contributed by atoms with Gasteiger partial charge in [0.15, 0.2) is 16.3 Å². The van der Waals surface area contributed by atoms with E-state index in [0.717, 1.165) is 5.56 Å². The van der Waals surface area contributed by atoms with E-state index in [4.69, 9.17) is 14.2 Å². The molecule has 0 bridgehead atoms. The summed E-state index contributed by atoms with van der Waals surface area (Å²) in [7, 11) is 1.56. The topological polar surface area (TPSA) is 92.0 Å². The lowest BCUT2D eigenvalue weighted by atomic mass is 9.95. The Morgan fingerprint density at radius 3 is 2.59 bits per heavy atom. The van der Waals surface area contributed by atoms with Gasteiger partial charge in [0.05, 0.1) is 42.2 Å². The van der Waals surface area contributed by atoms with Gasteiger partial charge in [-0.25, -0.2) is 9.79 Å². The molecule has 8 nitrogen and oxygen atoms in total. The van der Waals surface area contributed by atoms with Gasteiger partial charge >= 0.3 is 5.97 Å². The van der Waals surface area contributed by atoms with Crippen molar-refractivity contribution >= 4 is 23.4 Å². The lowest BCUT2D eigenvalue weighted by Gasteiger charge is -2.25. The van der Waals surface area contributed by atoms with Gasteiger partial charge in [-0.05, 0) is 62.2 Å². The molecule has 0 spiro atoms. The molecule has 0 amide bonds. The van der Waals surface area contributed by atoms with Crippen molar-refractivity contribution in [2.24, 2.45) is 4.99 Å². The summed E-state index contributed by atoms with van der Waals surface area (Å²) in [6.07, 6.45) is 5.13. The fourth-order valence-electron chi connectivity index (χ4n) is 3.85. The summed E-state index contributed by atoms with van der Waals surface area (Å²) in [5.41, 5.74) is 2.12. The monoisotopic (exact) mass is 479 g/mol. The Morgan fingerprint density at radius 1 is 1.15 bits per heavy atom. The Labute approximate surface area is 200 Å². The smallest absolute Gasteiger partial charge is 0.338 e. The van der Waals surface area contributed by atoms with Gasteiger partial charge in [-0.15, -0.1) is 0 Å².